The number of nitriles is 1. The molecular weight excluding hydrogens is 203 g/mol. The highest BCUT2D eigenvalue weighted by molar-refractivity contribution is 5.97. The van der Waals surface area contributed by atoms with E-state index in [0.717, 1.165) is 12.1 Å². The summed E-state index contributed by atoms with van der Waals surface area (Å²) in [5.41, 5.74) is -0.733. The van der Waals surface area contributed by atoms with Crippen LogP contribution in [0.2, 0.25) is 0 Å². The van der Waals surface area contributed by atoms with Crippen molar-refractivity contribution in [2.24, 2.45) is 0 Å². The number of carbonyl (C=O) groups is 1. The molecule has 0 fully saturated rings. The highest BCUT2D eigenvalue weighted by atomic mass is 19.1. The molecule has 0 N–H and O–H groups in total. The molecule has 0 amide bonds. The molecule has 0 unspecified atom stereocenters. The van der Waals surface area contributed by atoms with Gasteiger partial charge in [0.1, 0.15) is 5.82 Å². The third-order valence-electron chi connectivity index (χ3n) is 1.70. The quantitative estimate of drug-likeness (QED) is 0.431. The standard InChI is InChI=1S/C9H5FN2O3/c10-8-5-6(12(14)15)1-2-7(8)9(13)3-4-11/h1-2,5H,3H2. The van der Waals surface area contributed by atoms with Crippen molar-refractivity contribution in [3.63, 3.8) is 0 Å². The van der Waals surface area contributed by atoms with Crippen molar-refractivity contribution in [3.05, 3.63) is 39.7 Å². The molecule has 0 atom stereocenters. The van der Waals surface area contributed by atoms with Gasteiger partial charge < -0.3 is 0 Å². The summed E-state index contributed by atoms with van der Waals surface area (Å²) in [6, 6.07) is 4.27. The van der Waals surface area contributed by atoms with E-state index in [1.807, 2.05) is 0 Å². The van der Waals surface area contributed by atoms with E-state index in [-0.39, 0.29) is 5.56 Å². The Hall–Kier alpha value is -2.29. The van der Waals surface area contributed by atoms with Gasteiger partial charge in [0, 0.05) is 6.07 Å². The number of halogens is 1. The van der Waals surface area contributed by atoms with Gasteiger partial charge in [-0.05, 0) is 6.07 Å². The molecule has 0 radical (unpaired) electrons. The molecule has 6 heteroatoms. The van der Waals surface area contributed by atoms with E-state index in [1.165, 1.54) is 0 Å². The Labute approximate surface area is 83.9 Å². The van der Waals surface area contributed by atoms with E-state index in [2.05, 4.69) is 0 Å². The first-order chi connectivity index (χ1) is 7.06. The molecule has 15 heavy (non-hydrogen) atoms. The second-order valence-corrected chi connectivity index (χ2v) is 2.68. The van der Waals surface area contributed by atoms with Crippen LogP contribution < -0.4 is 0 Å². The summed E-state index contributed by atoms with van der Waals surface area (Å²) in [5.74, 6) is -1.67. The van der Waals surface area contributed by atoms with Gasteiger partial charge in [0.05, 0.1) is 29.0 Å². The monoisotopic (exact) mass is 208 g/mol. The van der Waals surface area contributed by atoms with E-state index in [4.69, 9.17) is 5.26 Å². The van der Waals surface area contributed by atoms with Gasteiger partial charge in [-0.25, -0.2) is 4.39 Å². The maximum atomic E-state index is 13.1. The van der Waals surface area contributed by atoms with Gasteiger partial charge in [0.15, 0.2) is 5.78 Å². The number of hydrogen-bond acceptors (Lipinski definition) is 4. The first-order valence-electron chi connectivity index (χ1n) is 3.90. The zero-order chi connectivity index (χ0) is 11.4. The molecular formula is C9H5FN2O3. The van der Waals surface area contributed by atoms with E-state index in [0.29, 0.717) is 6.07 Å². The molecule has 76 valence electrons. The van der Waals surface area contributed by atoms with Crippen molar-refractivity contribution in [2.75, 3.05) is 0 Å². The SMILES string of the molecule is N#CCC(=O)c1ccc([N+](=O)[O-])cc1F. The third kappa shape index (κ3) is 2.34. The number of carbonyl (C=O) groups excluding carboxylic acids is 1. The zero-order valence-electron chi connectivity index (χ0n) is 7.44. The van der Waals surface area contributed by atoms with Gasteiger partial charge in [-0.2, -0.15) is 5.26 Å². The molecule has 1 aromatic rings. The minimum absolute atomic E-state index is 0.304. The van der Waals surface area contributed by atoms with Gasteiger partial charge in [0.25, 0.3) is 5.69 Å². The molecule has 0 bridgehead atoms. The van der Waals surface area contributed by atoms with Crippen LogP contribution in [0.1, 0.15) is 16.8 Å². The number of rotatable bonds is 3. The fourth-order valence-corrected chi connectivity index (χ4v) is 1.01. The second-order valence-electron chi connectivity index (χ2n) is 2.68. The number of nitrogens with zero attached hydrogens (tertiary/aromatic N) is 2. The topological polar surface area (TPSA) is 84.0 Å². The second kappa shape index (κ2) is 4.28. The lowest BCUT2D eigenvalue weighted by Crippen LogP contribution is -2.02. The van der Waals surface area contributed by atoms with Crippen LogP contribution in [0.15, 0.2) is 18.2 Å². The fraction of sp³-hybridized carbons (Fsp3) is 0.111. The molecule has 1 rings (SSSR count). The van der Waals surface area contributed by atoms with Crippen LogP contribution in [0.3, 0.4) is 0 Å². The molecule has 0 heterocycles. The van der Waals surface area contributed by atoms with Gasteiger partial charge in [0.2, 0.25) is 0 Å². The number of nitro benzene ring substituents is 1. The molecule has 1 aromatic carbocycles. The van der Waals surface area contributed by atoms with Crippen molar-refractivity contribution < 1.29 is 14.1 Å². The fourth-order valence-electron chi connectivity index (χ4n) is 1.01. The van der Waals surface area contributed by atoms with Crippen molar-refractivity contribution in [3.8, 4) is 6.07 Å². The molecule has 0 aliphatic carbocycles. The number of non-ortho nitro benzene ring substituents is 1. The Bertz CT molecular complexity index is 465. The lowest BCUT2D eigenvalue weighted by molar-refractivity contribution is -0.385. The Balaban J connectivity index is 3.09. The van der Waals surface area contributed by atoms with Crippen LogP contribution in [-0.2, 0) is 0 Å². The molecule has 0 saturated heterocycles. The van der Waals surface area contributed by atoms with Crippen LogP contribution in [0, 0.1) is 27.3 Å². The predicted molar refractivity (Wildman–Crippen MR) is 47.6 cm³/mol. The Morgan fingerprint density at radius 3 is 2.73 bits per heavy atom. The van der Waals surface area contributed by atoms with Crippen molar-refractivity contribution in [1.29, 1.82) is 5.26 Å². The van der Waals surface area contributed by atoms with Gasteiger partial charge >= 0.3 is 0 Å². The summed E-state index contributed by atoms with van der Waals surface area (Å²) in [5, 5.41) is 18.5. The van der Waals surface area contributed by atoms with E-state index in [9.17, 15) is 19.3 Å². The molecule has 0 saturated carbocycles. The average Bonchev–Trinajstić information content (AvgIpc) is 2.17. The minimum Gasteiger partial charge on any atom is -0.293 e. The van der Waals surface area contributed by atoms with Crippen LogP contribution in [0.25, 0.3) is 0 Å². The van der Waals surface area contributed by atoms with Gasteiger partial charge in [-0.15, -0.1) is 0 Å². The average molecular weight is 208 g/mol. The minimum atomic E-state index is -0.982. The molecule has 5 nitrogen and oxygen atoms in total. The molecule has 0 aliphatic heterocycles. The third-order valence-corrected chi connectivity index (χ3v) is 1.70. The van der Waals surface area contributed by atoms with Crippen molar-refractivity contribution in [1.82, 2.24) is 0 Å². The maximum absolute atomic E-state index is 13.1. The zero-order valence-corrected chi connectivity index (χ0v) is 7.44. The smallest absolute Gasteiger partial charge is 0.272 e. The molecule has 0 spiro atoms. The number of nitro groups is 1. The highest BCUT2D eigenvalue weighted by Crippen LogP contribution is 2.17. The Kier molecular flexibility index (Phi) is 3.08. The maximum Gasteiger partial charge on any atom is 0.272 e. The van der Waals surface area contributed by atoms with E-state index >= 15 is 0 Å². The highest BCUT2D eigenvalue weighted by Gasteiger charge is 2.15. The molecule has 0 aliphatic rings. The van der Waals surface area contributed by atoms with E-state index < -0.39 is 28.6 Å². The number of benzene rings is 1. The summed E-state index contributed by atoms with van der Waals surface area (Å²) in [6.07, 6.45) is -0.450. The lowest BCUT2D eigenvalue weighted by atomic mass is 10.1. The number of ketones is 1. The summed E-state index contributed by atoms with van der Waals surface area (Å²) < 4.78 is 13.1. The predicted octanol–water partition coefficient (Wildman–Crippen LogP) is 1.83. The lowest BCUT2D eigenvalue weighted by Gasteiger charge is -1.98. The first kappa shape index (κ1) is 10.8. The van der Waals surface area contributed by atoms with E-state index in [1.54, 1.807) is 6.07 Å². The van der Waals surface area contributed by atoms with Gasteiger partial charge in [-0.1, -0.05) is 0 Å². The first-order valence-corrected chi connectivity index (χ1v) is 3.90. The van der Waals surface area contributed by atoms with Crippen molar-refractivity contribution >= 4 is 11.5 Å². The molecule has 0 aromatic heterocycles. The number of hydrogen-bond donors (Lipinski definition) is 0. The van der Waals surface area contributed by atoms with Crippen LogP contribution in [-0.4, -0.2) is 10.7 Å². The normalized spacial score (nSPS) is 9.33. The van der Waals surface area contributed by atoms with Crippen LogP contribution in [0.4, 0.5) is 10.1 Å². The Morgan fingerprint density at radius 2 is 2.27 bits per heavy atom. The largest absolute Gasteiger partial charge is 0.293 e. The number of Topliss-reactive ketones (excluding diaryl/α,β-unsaturated/α-hetero) is 1. The van der Waals surface area contributed by atoms with Gasteiger partial charge in [-0.3, -0.25) is 14.9 Å². The summed E-state index contributed by atoms with van der Waals surface area (Å²) in [4.78, 5) is 20.6. The van der Waals surface area contributed by atoms with Crippen LogP contribution >= 0.6 is 0 Å². The summed E-state index contributed by atoms with van der Waals surface area (Å²) in [6.45, 7) is 0. The Morgan fingerprint density at radius 1 is 1.60 bits per heavy atom. The summed E-state index contributed by atoms with van der Waals surface area (Å²) >= 11 is 0. The van der Waals surface area contributed by atoms with Crippen molar-refractivity contribution in [2.45, 2.75) is 6.42 Å². The summed E-state index contributed by atoms with van der Waals surface area (Å²) in [7, 11) is 0. The van der Waals surface area contributed by atoms with Crippen LogP contribution in [0.5, 0.6) is 0 Å².